The minimum atomic E-state index is -5.31. The van der Waals surface area contributed by atoms with Gasteiger partial charge in [-0.1, -0.05) is 0 Å². The number of aromatic amines is 1. The Morgan fingerprint density at radius 3 is 2.35 bits per heavy atom. The normalized spacial score (nSPS) is 11.6. The average molecular weight is 257 g/mol. The Kier molecular flexibility index (Phi) is 3.49. The van der Waals surface area contributed by atoms with Gasteiger partial charge in [0.15, 0.2) is 6.29 Å². The van der Waals surface area contributed by atoms with Gasteiger partial charge in [-0.3, -0.25) is 9.59 Å². The second kappa shape index (κ2) is 4.52. The molecule has 0 spiro atoms. The summed E-state index contributed by atoms with van der Waals surface area (Å²) in [6, 6.07) is 0. The van der Waals surface area contributed by atoms with Gasteiger partial charge < -0.3 is 9.72 Å². The molecule has 0 aromatic carbocycles. The Bertz CT molecular complexity index is 479. The average Bonchev–Trinajstić information content (AvgIpc) is 2.18. The first kappa shape index (κ1) is 13.1. The summed E-state index contributed by atoms with van der Waals surface area (Å²) in [5.41, 5.74) is -3.63. The number of hydrogen-bond acceptors (Lipinski definition) is 3. The van der Waals surface area contributed by atoms with Crippen molar-refractivity contribution in [3.8, 4) is 5.75 Å². The molecule has 1 aromatic rings. The van der Waals surface area contributed by atoms with E-state index in [2.05, 4.69) is 4.74 Å². The van der Waals surface area contributed by atoms with Gasteiger partial charge in [-0.15, -0.1) is 13.2 Å². The Labute approximate surface area is 90.0 Å². The van der Waals surface area contributed by atoms with E-state index in [9.17, 15) is 31.5 Å². The van der Waals surface area contributed by atoms with E-state index in [1.165, 1.54) is 0 Å². The molecule has 0 radical (unpaired) electrons. The van der Waals surface area contributed by atoms with Crippen LogP contribution in [0.15, 0.2) is 11.0 Å². The number of aldehydes is 1. The molecular weight excluding hydrogens is 253 g/mol. The molecule has 0 aliphatic heterocycles. The number of H-pyrrole nitrogens is 1. The standard InChI is InChI=1S/C8H4F5NO3/c9-7(10)4-6(17-8(11,12)13)5(16)3(2-15)1-14-4/h1-2,7H,(H,14,16). The predicted molar refractivity (Wildman–Crippen MR) is 44.1 cm³/mol. The lowest BCUT2D eigenvalue weighted by molar-refractivity contribution is -0.275. The Balaban J connectivity index is 3.40. The van der Waals surface area contributed by atoms with Gasteiger partial charge in [0.1, 0.15) is 5.69 Å². The quantitative estimate of drug-likeness (QED) is 0.665. The SMILES string of the molecule is O=Cc1c[nH]c(C(F)F)c(OC(F)(F)F)c1=O. The van der Waals surface area contributed by atoms with Crippen molar-refractivity contribution in [3.63, 3.8) is 0 Å². The van der Waals surface area contributed by atoms with E-state index in [1.807, 2.05) is 0 Å². The fourth-order valence-electron chi connectivity index (χ4n) is 1.01. The highest BCUT2D eigenvalue weighted by atomic mass is 19.4. The zero-order valence-electron chi connectivity index (χ0n) is 7.85. The molecule has 9 heteroatoms. The molecule has 0 unspecified atom stereocenters. The van der Waals surface area contributed by atoms with E-state index in [-0.39, 0.29) is 6.29 Å². The number of rotatable bonds is 3. The molecule has 0 aliphatic rings. The zero-order chi connectivity index (χ0) is 13.2. The number of nitrogens with one attached hydrogen (secondary N) is 1. The number of carbonyl (C=O) groups is 1. The van der Waals surface area contributed by atoms with Crippen molar-refractivity contribution in [2.24, 2.45) is 0 Å². The van der Waals surface area contributed by atoms with E-state index in [1.54, 1.807) is 4.98 Å². The molecule has 0 saturated carbocycles. The third kappa shape index (κ3) is 3.02. The van der Waals surface area contributed by atoms with Crippen LogP contribution in [0.2, 0.25) is 0 Å². The van der Waals surface area contributed by atoms with Crippen LogP contribution in [0.25, 0.3) is 0 Å². The van der Waals surface area contributed by atoms with Crippen molar-refractivity contribution in [2.45, 2.75) is 12.8 Å². The third-order valence-corrected chi connectivity index (χ3v) is 1.66. The molecule has 1 N–H and O–H groups in total. The fourth-order valence-corrected chi connectivity index (χ4v) is 1.01. The second-order valence-corrected chi connectivity index (χ2v) is 2.78. The molecular formula is C8H4F5NO3. The summed E-state index contributed by atoms with van der Waals surface area (Å²) in [6.07, 6.45) is -8.17. The molecule has 17 heavy (non-hydrogen) atoms. The number of halogens is 5. The van der Waals surface area contributed by atoms with E-state index in [0.717, 1.165) is 0 Å². The second-order valence-electron chi connectivity index (χ2n) is 2.78. The molecule has 0 atom stereocenters. The van der Waals surface area contributed by atoms with Gasteiger partial charge in [0.05, 0.1) is 5.56 Å². The van der Waals surface area contributed by atoms with Crippen LogP contribution in [0, 0.1) is 0 Å². The lowest BCUT2D eigenvalue weighted by Gasteiger charge is -2.12. The number of pyridine rings is 1. The van der Waals surface area contributed by atoms with Crippen LogP contribution in [-0.4, -0.2) is 17.6 Å². The summed E-state index contributed by atoms with van der Waals surface area (Å²) in [4.78, 5) is 23.2. The molecule has 1 heterocycles. The zero-order valence-corrected chi connectivity index (χ0v) is 7.85. The summed E-state index contributed by atoms with van der Waals surface area (Å²) >= 11 is 0. The fraction of sp³-hybridized carbons (Fsp3) is 0.250. The molecule has 1 rings (SSSR count). The van der Waals surface area contributed by atoms with E-state index < -0.39 is 35.2 Å². The molecule has 1 aromatic heterocycles. The van der Waals surface area contributed by atoms with E-state index in [0.29, 0.717) is 6.20 Å². The number of aromatic nitrogens is 1. The monoisotopic (exact) mass is 257 g/mol. The highest BCUT2D eigenvalue weighted by Gasteiger charge is 2.35. The number of alkyl halides is 5. The van der Waals surface area contributed by atoms with Crippen LogP contribution < -0.4 is 10.2 Å². The Hall–Kier alpha value is -1.93. The van der Waals surface area contributed by atoms with Crippen molar-refractivity contribution < 1.29 is 31.5 Å². The predicted octanol–water partition coefficient (Wildman–Crippen LogP) is 2.02. The summed E-state index contributed by atoms with van der Waals surface area (Å²) in [5, 5.41) is 0. The largest absolute Gasteiger partial charge is 0.573 e. The smallest absolute Gasteiger partial charge is 0.399 e. The molecule has 0 fully saturated rings. The summed E-state index contributed by atoms with van der Waals surface area (Å²) in [6.45, 7) is 0. The summed E-state index contributed by atoms with van der Waals surface area (Å²) < 4.78 is 63.5. The van der Waals surface area contributed by atoms with Crippen LogP contribution >= 0.6 is 0 Å². The van der Waals surface area contributed by atoms with Crippen molar-refractivity contribution in [1.29, 1.82) is 0 Å². The summed E-state index contributed by atoms with van der Waals surface area (Å²) in [7, 11) is 0. The molecule has 0 amide bonds. The van der Waals surface area contributed by atoms with Crippen LogP contribution in [0.4, 0.5) is 22.0 Å². The van der Waals surface area contributed by atoms with Gasteiger partial charge in [0.2, 0.25) is 11.2 Å². The lowest BCUT2D eigenvalue weighted by Crippen LogP contribution is -2.25. The van der Waals surface area contributed by atoms with Gasteiger partial charge in [0, 0.05) is 6.20 Å². The van der Waals surface area contributed by atoms with Crippen LogP contribution in [-0.2, 0) is 0 Å². The van der Waals surface area contributed by atoms with Crippen molar-refractivity contribution in [3.05, 3.63) is 27.7 Å². The highest BCUT2D eigenvalue weighted by molar-refractivity contribution is 5.74. The Morgan fingerprint density at radius 2 is 1.94 bits per heavy atom. The molecule has 0 aliphatic carbocycles. The Morgan fingerprint density at radius 1 is 1.35 bits per heavy atom. The maximum absolute atomic E-state index is 12.3. The van der Waals surface area contributed by atoms with Gasteiger partial charge in [0.25, 0.3) is 6.43 Å². The van der Waals surface area contributed by atoms with E-state index in [4.69, 9.17) is 0 Å². The number of hydrogen-bond donors (Lipinski definition) is 1. The van der Waals surface area contributed by atoms with Crippen molar-refractivity contribution >= 4 is 6.29 Å². The van der Waals surface area contributed by atoms with E-state index >= 15 is 0 Å². The topological polar surface area (TPSA) is 59.2 Å². The van der Waals surface area contributed by atoms with Gasteiger partial charge in [-0.25, -0.2) is 8.78 Å². The molecule has 4 nitrogen and oxygen atoms in total. The third-order valence-electron chi connectivity index (χ3n) is 1.66. The first-order chi connectivity index (χ1) is 7.76. The first-order valence-corrected chi connectivity index (χ1v) is 4.01. The van der Waals surface area contributed by atoms with Gasteiger partial charge in [-0.2, -0.15) is 0 Å². The van der Waals surface area contributed by atoms with Crippen molar-refractivity contribution in [2.75, 3.05) is 0 Å². The van der Waals surface area contributed by atoms with Crippen LogP contribution in [0.1, 0.15) is 22.5 Å². The van der Waals surface area contributed by atoms with Crippen molar-refractivity contribution in [1.82, 2.24) is 4.98 Å². The minimum Gasteiger partial charge on any atom is -0.399 e. The first-order valence-electron chi connectivity index (χ1n) is 4.01. The van der Waals surface area contributed by atoms with Gasteiger partial charge in [-0.05, 0) is 0 Å². The van der Waals surface area contributed by atoms with Gasteiger partial charge >= 0.3 is 6.36 Å². The maximum atomic E-state index is 12.3. The highest BCUT2D eigenvalue weighted by Crippen LogP contribution is 2.28. The van der Waals surface area contributed by atoms with Crippen LogP contribution in [0.5, 0.6) is 5.75 Å². The number of ether oxygens (including phenoxy) is 1. The van der Waals surface area contributed by atoms with Crippen LogP contribution in [0.3, 0.4) is 0 Å². The molecule has 94 valence electrons. The minimum absolute atomic E-state index is 0.0721. The molecule has 0 saturated heterocycles. The summed E-state index contributed by atoms with van der Waals surface area (Å²) in [5.74, 6) is -1.63. The lowest BCUT2D eigenvalue weighted by atomic mass is 10.2. The maximum Gasteiger partial charge on any atom is 0.573 e. The number of carbonyl (C=O) groups excluding carboxylic acids is 1. The molecule has 0 bridgehead atoms.